The molecule has 2 heterocycles. The first-order valence-corrected chi connectivity index (χ1v) is 8.23. The van der Waals surface area contributed by atoms with E-state index >= 15 is 0 Å². The van der Waals surface area contributed by atoms with Gasteiger partial charge in [-0.1, -0.05) is 18.2 Å². The summed E-state index contributed by atoms with van der Waals surface area (Å²) in [7, 11) is 0. The van der Waals surface area contributed by atoms with Gasteiger partial charge < -0.3 is 9.73 Å². The molecular formula is C18H18FNOS. The summed E-state index contributed by atoms with van der Waals surface area (Å²) in [4.78, 5) is 1.33. The van der Waals surface area contributed by atoms with Crippen LogP contribution in [-0.4, -0.2) is 6.54 Å². The number of nitrogens with one attached hydrogen (secondary N) is 1. The van der Waals surface area contributed by atoms with Crippen molar-refractivity contribution in [3.8, 4) is 0 Å². The molecule has 0 aliphatic rings. The third-order valence-corrected chi connectivity index (χ3v) is 4.52. The molecule has 0 unspecified atom stereocenters. The average Bonchev–Trinajstić information content (AvgIpc) is 3.21. The summed E-state index contributed by atoms with van der Waals surface area (Å²) in [6.45, 7) is 1.76. The molecule has 2 nitrogen and oxygen atoms in total. The van der Waals surface area contributed by atoms with Crippen LogP contribution >= 0.6 is 11.3 Å². The summed E-state index contributed by atoms with van der Waals surface area (Å²) >= 11 is 1.75. The molecular weight excluding hydrogens is 297 g/mol. The molecule has 22 heavy (non-hydrogen) atoms. The lowest BCUT2D eigenvalue weighted by molar-refractivity contribution is 0.466. The lowest BCUT2D eigenvalue weighted by Crippen LogP contribution is -2.17. The third kappa shape index (κ3) is 3.84. The van der Waals surface area contributed by atoms with Crippen molar-refractivity contribution < 1.29 is 8.81 Å². The lowest BCUT2D eigenvalue weighted by Gasteiger charge is -2.15. The van der Waals surface area contributed by atoms with Crippen LogP contribution in [0.15, 0.2) is 64.6 Å². The van der Waals surface area contributed by atoms with Crippen molar-refractivity contribution in [3.63, 3.8) is 0 Å². The second-order valence-electron chi connectivity index (χ2n) is 5.16. The summed E-state index contributed by atoms with van der Waals surface area (Å²) < 4.78 is 18.7. The molecule has 0 saturated carbocycles. The van der Waals surface area contributed by atoms with E-state index < -0.39 is 0 Å². The predicted molar refractivity (Wildman–Crippen MR) is 87.6 cm³/mol. The lowest BCUT2D eigenvalue weighted by atomic mass is 9.93. The van der Waals surface area contributed by atoms with Crippen LogP contribution in [0.3, 0.4) is 0 Å². The van der Waals surface area contributed by atoms with E-state index in [1.807, 2.05) is 24.3 Å². The van der Waals surface area contributed by atoms with Crippen LogP contribution in [0.2, 0.25) is 0 Å². The Morgan fingerprint density at radius 1 is 1.09 bits per heavy atom. The van der Waals surface area contributed by atoms with Crippen LogP contribution < -0.4 is 5.32 Å². The molecule has 3 aromatic rings. The van der Waals surface area contributed by atoms with E-state index in [2.05, 4.69) is 22.8 Å². The number of hydrogen-bond donors (Lipinski definition) is 1. The first kappa shape index (κ1) is 15.0. The van der Waals surface area contributed by atoms with Gasteiger partial charge in [0.15, 0.2) is 0 Å². The van der Waals surface area contributed by atoms with Gasteiger partial charge in [0.1, 0.15) is 11.6 Å². The van der Waals surface area contributed by atoms with Gasteiger partial charge in [0.05, 0.1) is 6.26 Å². The van der Waals surface area contributed by atoms with Crippen molar-refractivity contribution in [2.45, 2.75) is 18.9 Å². The molecule has 0 fully saturated rings. The summed E-state index contributed by atoms with van der Waals surface area (Å²) in [6.07, 6.45) is 2.59. The first-order valence-electron chi connectivity index (χ1n) is 7.35. The van der Waals surface area contributed by atoms with E-state index in [0.717, 1.165) is 30.8 Å². The molecule has 4 heteroatoms. The highest BCUT2D eigenvalue weighted by Gasteiger charge is 2.16. The Labute approximate surface area is 133 Å². The summed E-state index contributed by atoms with van der Waals surface area (Å²) in [5, 5.41) is 5.54. The minimum Gasteiger partial charge on any atom is -0.469 e. The maximum Gasteiger partial charge on any atom is 0.123 e. The Morgan fingerprint density at radius 2 is 1.95 bits per heavy atom. The number of furan rings is 1. The van der Waals surface area contributed by atoms with Gasteiger partial charge in [-0.2, -0.15) is 0 Å². The summed E-state index contributed by atoms with van der Waals surface area (Å²) in [6, 6.07) is 14.7. The number of hydrogen-bond acceptors (Lipinski definition) is 3. The molecule has 0 amide bonds. The number of rotatable bonds is 7. The predicted octanol–water partition coefficient (Wildman–Crippen LogP) is 4.79. The van der Waals surface area contributed by atoms with E-state index in [-0.39, 0.29) is 11.7 Å². The average molecular weight is 315 g/mol. The Kier molecular flexibility index (Phi) is 5.03. The Bertz CT molecular complexity index is 662. The first-order chi connectivity index (χ1) is 10.8. The fourth-order valence-corrected chi connectivity index (χ4v) is 3.20. The highest BCUT2D eigenvalue weighted by atomic mass is 32.1. The zero-order valence-corrected chi connectivity index (χ0v) is 13.0. The van der Waals surface area contributed by atoms with E-state index in [0.29, 0.717) is 0 Å². The van der Waals surface area contributed by atoms with Gasteiger partial charge in [0, 0.05) is 17.3 Å². The standard InChI is InChI=1S/C18H18FNOS/c19-15-7-5-14(6-8-15)17(18-4-1-11-21-18)9-10-20-13-16-3-2-12-22-16/h1-8,11-12,17,20H,9-10,13H2/t17-/m1/s1. The van der Waals surface area contributed by atoms with Crippen LogP contribution in [0, 0.1) is 5.82 Å². The molecule has 0 spiro atoms. The SMILES string of the molecule is Fc1ccc([C@@H](CCNCc2cccs2)c2ccco2)cc1. The largest absolute Gasteiger partial charge is 0.469 e. The molecule has 0 bridgehead atoms. The number of thiophene rings is 1. The summed E-state index contributed by atoms with van der Waals surface area (Å²) in [5.41, 5.74) is 1.08. The van der Waals surface area contributed by atoms with Gasteiger partial charge in [0.2, 0.25) is 0 Å². The van der Waals surface area contributed by atoms with Gasteiger partial charge in [0.25, 0.3) is 0 Å². The second-order valence-corrected chi connectivity index (χ2v) is 6.20. The molecule has 0 aliphatic heterocycles. The molecule has 114 valence electrons. The fraction of sp³-hybridized carbons (Fsp3) is 0.222. The van der Waals surface area contributed by atoms with Crippen LogP contribution in [-0.2, 0) is 6.54 Å². The van der Waals surface area contributed by atoms with Crippen molar-refractivity contribution in [2.24, 2.45) is 0 Å². The van der Waals surface area contributed by atoms with Gasteiger partial charge in [-0.05, 0) is 54.2 Å². The van der Waals surface area contributed by atoms with Gasteiger partial charge in [-0.3, -0.25) is 0 Å². The zero-order valence-electron chi connectivity index (χ0n) is 12.2. The fourth-order valence-electron chi connectivity index (χ4n) is 2.53. The summed E-state index contributed by atoms with van der Waals surface area (Å²) in [5.74, 6) is 0.855. The van der Waals surface area contributed by atoms with Crippen molar-refractivity contribution in [2.75, 3.05) is 6.54 Å². The van der Waals surface area contributed by atoms with E-state index in [9.17, 15) is 4.39 Å². The molecule has 3 rings (SSSR count). The number of benzene rings is 1. The van der Waals surface area contributed by atoms with Crippen LogP contribution in [0.5, 0.6) is 0 Å². The highest BCUT2D eigenvalue weighted by molar-refractivity contribution is 7.09. The van der Waals surface area contributed by atoms with Crippen molar-refractivity contribution in [1.29, 1.82) is 0 Å². The molecule has 1 atom stereocenters. The van der Waals surface area contributed by atoms with Gasteiger partial charge >= 0.3 is 0 Å². The Morgan fingerprint density at radius 3 is 2.64 bits per heavy atom. The minimum atomic E-state index is -0.210. The number of halogens is 1. The van der Waals surface area contributed by atoms with E-state index in [1.165, 1.54) is 17.0 Å². The van der Waals surface area contributed by atoms with E-state index in [1.54, 1.807) is 17.6 Å². The quantitative estimate of drug-likeness (QED) is 0.634. The topological polar surface area (TPSA) is 25.2 Å². The zero-order chi connectivity index (χ0) is 15.2. The Hall–Kier alpha value is -1.91. The molecule has 1 aromatic carbocycles. The molecule has 0 aliphatic carbocycles. The minimum absolute atomic E-state index is 0.145. The maximum absolute atomic E-state index is 13.1. The third-order valence-electron chi connectivity index (χ3n) is 3.65. The smallest absolute Gasteiger partial charge is 0.123 e. The van der Waals surface area contributed by atoms with Crippen molar-refractivity contribution in [1.82, 2.24) is 5.32 Å². The highest BCUT2D eigenvalue weighted by Crippen LogP contribution is 2.28. The molecule has 0 radical (unpaired) electrons. The van der Waals surface area contributed by atoms with Crippen LogP contribution in [0.25, 0.3) is 0 Å². The van der Waals surface area contributed by atoms with Gasteiger partial charge in [-0.25, -0.2) is 4.39 Å². The Balaban J connectivity index is 1.63. The normalized spacial score (nSPS) is 12.4. The van der Waals surface area contributed by atoms with Crippen LogP contribution in [0.1, 0.15) is 28.5 Å². The van der Waals surface area contributed by atoms with Gasteiger partial charge in [-0.15, -0.1) is 11.3 Å². The van der Waals surface area contributed by atoms with Crippen LogP contribution in [0.4, 0.5) is 4.39 Å². The van der Waals surface area contributed by atoms with Crippen molar-refractivity contribution in [3.05, 3.63) is 82.2 Å². The van der Waals surface area contributed by atoms with E-state index in [4.69, 9.17) is 4.42 Å². The monoisotopic (exact) mass is 315 g/mol. The molecule has 0 saturated heterocycles. The second kappa shape index (κ2) is 7.38. The maximum atomic E-state index is 13.1. The van der Waals surface area contributed by atoms with Crippen molar-refractivity contribution >= 4 is 11.3 Å². The molecule has 1 N–H and O–H groups in total. The molecule has 2 aromatic heterocycles.